The van der Waals surface area contributed by atoms with Gasteiger partial charge in [0.1, 0.15) is 46.0 Å². The van der Waals surface area contributed by atoms with Crippen LogP contribution < -0.4 is 21.9 Å². The van der Waals surface area contributed by atoms with Gasteiger partial charge in [-0.25, -0.2) is 0 Å². The summed E-state index contributed by atoms with van der Waals surface area (Å²) in [6.07, 6.45) is 7.57. The van der Waals surface area contributed by atoms with Gasteiger partial charge >= 0.3 is 28.5 Å². The number of phenols is 8. The van der Waals surface area contributed by atoms with E-state index in [1.807, 2.05) is 97.1 Å². The van der Waals surface area contributed by atoms with Crippen molar-refractivity contribution in [2.45, 2.75) is 205 Å². The number of rotatable bonds is 8. The first kappa shape index (κ1) is 71.8. The largest absolute Gasteiger partial charge is 0.507 e. The number of phenolic OH excluding ortho intramolecular Hbond substituents is 8. The third kappa shape index (κ3) is 9.93. The molecule has 0 aromatic heterocycles. The van der Waals surface area contributed by atoms with Gasteiger partial charge in [0.25, 0.3) is 0 Å². The average molecular weight is 1510 g/mol. The van der Waals surface area contributed by atoms with E-state index in [1.165, 1.54) is 24.3 Å². The van der Waals surface area contributed by atoms with Crippen molar-refractivity contribution in [3.8, 4) is 46.0 Å². The predicted octanol–water partition coefficient (Wildman–Crippen LogP) is 14.1. The van der Waals surface area contributed by atoms with Crippen LogP contribution in [0.15, 0.2) is 146 Å². The lowest BCUT2D eigenvalue weighted by Crippen LogP contribution is -2.65. The average Bonchev–Trinajstić information content (AvgIpc) is 1.38. The second kappa shape index (κ2) is 23.9. The molecule has 25 rings (SSSR count). The highest BCUT2D eigenvalue weighted by Crippen LogP contribution is 2.70. The molecule has 17 aliphatic rings. The highest BCUT2D eigenvalue weighted by molar-refractivity contribution is 6.63. The van der Waals surface area contributed by atoms with Crippen LogP contribution in [0.5, 0.6) is 46.0 Å². The molecule has 16 nitrogen and oxygen atoms in total. The molecule has 8 aromatic rings. The van der Waals surface area contributed by atoms with Crippen molar-refractivity contribution in [1.29, 1.82) is 0 Å². The van der Waals surface area contributed by atoms with E-state index in [1.54, 1.807) is 24.3 Å². The summed E-state index contributed by atoms with van der Waals surface area (Å²) in [6, 6.07) is 43.1. The quantitative estimate of drug-likeness (QED) is 0.0661. The van der Waals surface area contributed by atoms with E-state index in [0.29, 0.717) is 69.6 Å². The Morgan fingerprint density at radius 1 is 0.241 bits per heavy atom. The van der Waals surface area contributed by atoms with Crippen LogP contribution in [0.1, 0.15) is 225 Å². The van der Waals surface area contributed by atoms with E-state index < -0.39 is 74.5 Å². The van der Waals surface area contributed by atoms with Crippen LogP contribution in [0, 0.1) is 69.0 Å². The van der Waals surface area contributed by atoms with Gasteiger partial charge in [0.05, 0.1) is 46.8 Å². The molecule has 0 spiro atoms. The van der Waals surface area contributed by atoms with Crippen molar-refractivity contribution >= 4 is 50.3 Å². The summed E-state index contributed by atoms with van der Waals surface area (Å²) in [5.41, 5.74) is 5.84. The number of hydrogen-bond donors (Lipinski definition) is 8. The smallest absolute Gasteiger partial charge is 0.494 e. The van der Waals surface area contributed by atoms with Crippen LogP contribution in [0.3, 0.4) is 0 Å². The van der Waals surface area contributed by atoms with Gasteiger partial charge in [0.15, 0.2) is 0 Å². The normalized spacial score (nSPS) is 36.5. The first-order valence-corrected chi connectivity index (χ1v) is 41.1. The van der Waals surface area contributed by atoms with E-state index in [2.05, 4.69) is 83.1 Å². The summed E-state index contributed by atoms with van der Waals surface area (Å²) >= 11 is 0. The number of fused-ring (bicyclic) bond motifs is 8. The lowest BCUT2D eigenvalue weighted by molar-refractivity contribution is -0.199. The molecule has 13 aliphatic carbocycles. The van der Waals surface area contributed by atoms with Gasteiger partial charge in [-0.05, 0) is 216 Å². The summed E-state index contributed by atoms with van der Waals surface area (Å²) in [4.78, 5) is 0. The van der Waals surface area contributed by atoms with E-state index in [-0.39, 0.29) is 137 Å². The molecule has 0 radical (unpaired) electrons. The lowest BCUT2D eigenvalue weighted by atomic mass is 9.43. The Bertz CT molecular complexity index is 4480. The van der Waals surface area contributed by atoms with E-state index in [4.69, 9.17) is 37.2 Å². The second-order valence-electron chi connectivity index (χ2n) is 39.5. The molecule has 4 heterocycles. The molecule has 16 unspecified atom stereocenters. The Labute approximate surface area is 657 Å². The Hall–Kier alpha value is -7.90. The minimum Gasteiger partial charge on any atom is -0.507 e. The molecule has 16 bridgehead atoms. The first-order chi connectivity index (χ1) is 53.1. The van der Waals surface area contributed by atoms with Gasteiger partial charge < -0.3 is 78.1 Å². The van der Waals surface area contributed by atoms with Gasteiger partial charge in [-0.2, -0.15) is 0 Å². The summed E-state index contributed by atoms with van der Waals surface area (Å²) in [5.74, 6) is -3.56. The summed E-state index contributed by atoms with van der Waals surface area (Å²) in [5, 5.41) is 104. The number of benzene rings is 8. The molecule has 0 amide bonds. The van der Waals surface area contributed by atoms with Crippen molar-refractivity contribution in [2.24, 2.45) is 69.0 Å². The Morgan fingerprint density at radius 2 is 0.411 bits per heavy atom. The minimum absolute atomic E-state index is 0.0922. The van der Waals surface area contributed by atoms with Crippen molar-refractivity contribution in [1.82, 2.24) is 0 Å². The SMILES string of the molecule is CC1(C)C2CC3OB(c4ccc(C5c6cc(c(O)cc6O)C(c6ccc(B7OC8CC9CC(C9(C)C)C8(C)O7)cc6)c6cc(c(O)cc6O)C(c6ccc(B7OC8CC9CC(C9(C)C)C8(C)O7)cc6)c6cc(c(O)cc6O)C(c6ccc(B7OC8CC9CC(C9(C)C)C8(C)O7)cc6)c6cc5c(O)cc6O)cc4)OC3(C)C1C2. The van der Waals surface area contributed by atoms with Gasteiger partial charge in [-0.15, -0.1) is 0 Å². The van der Waals surface area contributed by atoms with Gasteiger partial charge in [-0.1, -0.05) is 152 Å². The van der Waals surface area contributed by atoms with Crippen LogP contribution in [-0.4, -0.2) is 116 Å². The maximum Gasteiger partial charge on any atom is 0.494 e. The zero-order valence-corrected chi connectivity index (χ0v) is 65.9. The monoisotopic (exact) mass is 1500 g/mol. The van der Waals surface area contributed by atoms with Gasteiger partial charge in [0, 0.05) is 92.4 Å². The molecule has 20 heteroatoms. The zero-order valence-electron chi connectivity index (χ0n) is 65.9. The number of hydrogen-bond acceptors (Lipinski definition) is 16. The number of aromatic hydroxyl groups is 8. The Morgan fingerprint density at radius 3 is 0.571 bits per heavy atom. The van der Waals surface area contributed by atoms with E-state index in [0.717, 1.165) is 73.2 Å². The fourth-order valence-corrected chi connectivity index (χ4v) is 25.8. The van der Waals surface area contributed by atoms with Crippen molar-refractivity contribution < 1.29 is 78.1 Å². The molecule has 576 valence electrons. The standard InChI is InChI=1S/C92H100B4O16/c1-85(2)49-29-73(85)89(9)77(33-49)105-93(109-89)53-21-13-45(14-22-53)81-57-37-59(67(99)41-65(57)97)82(46-15-23-54(24-16-46)94-106-78-34-50-30-74(86(50,3)4)90(78,10)110-94)61-39-63(71(103)43-69(61)101)84(48-19-27-56(28-20-48)96-108-80-36-52-32-76(88(52,7)8)92(80,12)112-96)64-40-62(70(102)44-72(64)104)83(60-38-58(81)66(98)42-68(60)100)47-17-25-55(26-18-47)95-107-79-35-51-31-75(87(51,5)6)91(79,11)111-95/h13-28,37-44,49-52,73-84,97-104H,29-36H2,1-12H3. The molecular weight excluding hydrogens is 1400 g/mol. The van der Waals surface area contributed by atoms with Crippen molar-refractivity contribution in [2.75, 3.05) is 0 Å². The zero-order chi connectivity index (χ0) is 77.7. The molecule has 8 aromatic carbocycles. The molecule has 12 saturated carbocycles. The summed E-state index contributed by atoms with van der Waals surface area (Å²) in [7, 11) is -2.71. The maximum atomic E-state index is 12.9. The third-order valence-electron chi connectivity index (χ3n) is 33.2. The van der Waals surface area contributed by atoms with Crippen molar-refractivity contribution in [3.63, 3.8) is 0 Å². The van der Waals surface area contributed by atoms with Gasteiger partial charge in [-0.3, -0.25) is 0 Å². The lowest BCUT2D eigenvalue weighted by Gasteiger charge is -2.64. The highest BCUT2D eigenvalue weighted by Gasteiger charge is 2.72. The third-order valence-corrected chi connectivity index (χ3v) is 33.2. The molecule has 4 saturated heterocycles. The molecule has 8 N–H and O–H groups in total. The molecule has 16 fully saturated rings. The van der Waals surface area contributed by atoms with Crippen LogP contribution in [0.2, 0.25) is 0 Å². The van der Waals surface area contributed by atoms with Crippen molar-refractivity contribution in [3.05, 3.63) is 212 Å². The Balaban J connectivity index is 0.751. The highest BCUT2D eigenvalue weighted by atomic mass is 16.7. The van der Waals surface area contributed by atoms with E-state index >= 15 is 0 Å². The molecule has 16 atom stereocenters. The fourth-order valence-electron chi connectivity index (χ4n) is 25.8. The predicted molar refractivity (Wildman–Crippen MR) is 428 cm³/mol. The minimum atomic E-state index is -1.09. The van der Waals surface area contributed by atoms with Crippen LogP contribution >= 0.6 is 0 Å². The topological polar surface area (TPSA) is 236 Å². The fraction of sp³-hybridized carbons (Fsp3) is 0.478. The maximum absolute atomic E-state index is 12.9. The second-order valence-corrected chi connectivity index (χ2v) is 39.5. The van der Waals surface area contributed by atoms with Crippen LogP contribution in [0.4, 0.5) is 0 Å². The van der Waals surface area contributed by atoms with Crippen LogP contribution in [-0.2, 0) is 37.2 Å². The van der Waals surface area contributed by atoms with Crippen LogP contribution in [0.25, 0.3) is 0 Å². The van der Waals surface area contributed by atoms with E-state index in [9.17, 15) is 40.9 Å². The molecule has 112 heavy (non-hydrogen) atoms. The summed E-state index contributed by atoms with van der Waals surface area (Å²) in [6.45, 7) is 27.4. The van der Waals surface area contributed by atoms with Gasteiger partial charge in [0.2, 0.25) is 0 Å². The summed E-state index contributed by atoms with van der Waals surface area (Å²) < 4.78 is 55.5. The first-order valence-electron chi connectivity index (χ1n) is 41.1. The Kier molecular flexibility index (Phi) is 15.3. The molecule has 4 aliphatic heterocycles. The molecular formula is C92H100B4O16.